The first-order valence-corrected chi connectivity index (χ1v) is 7.91. The Morgan fingerprint density at radius 2 is 1.60 bits per heavy atom. The maximum atomic E-state index is 11.6. The first-order chi connectivity index (χ1) is 9.61. The van der Waals surface area contributed by atoms with Crippen LogP contribution in [-0.2, 0) is 9.59 Å². The molecule has 1 atom stereocenters. The van der Waals surface area contributed by atoms with E-state index in [-0.39, 0.29) is 11.8 Å². The van der Waals surface area contributed by atoms with Gasteiger partial charge in [0.2, 0.25) is 11.8 Å². The molecule has 0 radical (unpaired) electrons. The Morgan fingerprint density at radius 1 is 1.00 bits per heavy atom. The van der Waals surface area contributed by atoms with Gasteiger partial charge < -0.3 is 11.5 Å². The third-order valence-electron chi connectivity index (χ3n) is 3.33. The Bertz CT molecular complexity index is 270. The zero-order valence-corrected chi connectivity index (χ0v) is 12.8. The summed E-state index contributed by atoms with van der Waals surface area (Å²) in [6.45, 7) is 2.70. The van der Waals surface area contributed by atoms with Crippen LogP contribution in [0.25, 0.3) is 0 Å². The predicted molar refractivity (Wildman–Crippen MR) is 82.0 cm³/mol. The number of hydrogen-bond donors (Lipinski definition) is 3. The standard InChI is InChI=1S/C15H31N3O2/c1-2-3-4-5-6-7-8-11-14(19)18-15(20)13(17)10-9-12-16/h13H,2-12,16-17H2,1H3,(H,18,19,20)/t13-/m0/s1. The van der Waals surface area contributed by atoms with E-state index in [9.17, 15) is 9.59 Å². The number of amides is 2. The predicted octanol–water partition coefficient (Wildman–Crippen LogP) is 1.84. The quantitative estimate of drug-likeness (QED) is 0.476. The summed E-state index contributed by atoms with van der Waals surface area (Å²) in [5.41, 5.74) is 11.0. The van der Waals surface area contributed by atoms with Gasteiger partial charge in [-0.1, -0.05) is 45.4 Å². The summed E-state index contributed by atoms with van der Waals surface area (Å²) in [6.07, 6.45) is 9.71. The fraction of sp³-hybridized carbons (Fsp3) is 0.867. The lowest BCUT2D eigenvalue weighted by Gasteiger charge is -2.10. The van der Waals surface area contributed by atoms with Crippen molar-refractivity contribution in [2.24, 2.45) is 11.5 Å². The van der Waals surface area contributed by atoms with Gasteiger partial charge in [0.1, 0.15) is 0 Å². The summed E-state index contributed by atoms with van der Waals surface area (Å²) >= 11 is 0. The van der Waals surface area contributed by atoms with E-state index in [0.29, 0.717) is 25.8 Å². The molecule has 0 bridgehead atoms. The van der Waals surface area contributed by atoms with Crippen molar-refractivity contribution < 1.29 is 9.59 Å². The molecule has 0 saturated carbocycles. The van der Waals surface area contributed by atoms with Gasteiger partial charge in [0, 0.05) is 6.42 Å². The van der Waals surface area contributed by atoms with Gasteiger partial charge >= 0.3 is 0 Å². The molecule has 5 N–H and O–H groups in total. The molecule has 0 aromatic rings. The molecule has 0 spiro atoms. The molecule has 2 amide bonds. The summed E-state index contributed by atoms with van der Waals surface area (Å²) in [6, 6.07) is -0.628. The Kier molecular flexibility index (Phi) is 12.4. The molecule has 0 aliphatic heterocycles. The second-order valence-corrected chi connectivity index (χ2v) is 5.32. The smallest absolute Gasteiger partial charge is 0.243 e. The van der Waals surface area contributed by atoms with Gasteiger partial charge in [-0.15, -0.1) is 0 Å². The molecule has 0 saturated heterocycles. The first kappa shape index (κ1) is 19.1. The normalized spacial score (nSPS) is 12.2. The molecule has 0 aliphatic rings. The SMILES string of the molecule is CCCCCCCCCC(=O)NC(=O)[C@@H](N)CCCN. The lowest BCUT2D eigenvalue weighted by Crippen LogP contribution is -2.43. The molecule has 0 aromatic carbocycles. The van der Waals surface area contributed by atoms with Crippen LogP contribution in [0.4, 0.5) is 0 Å². The summed E-state index contributed by atoms with van der Waals surface area (Å²) in [5, 5.41) is 2.36. The van der Waals surface area contributed by atoms with Gasteiger partial charge in [0.25, 0.3) is 0 Å². The van der Waals surface area contributed by atoms with Gasteiger partial charge in [0.05, 0.1) is 6.04 Å². The van der Waals surface area contributed by atoms with E-state index in [1.165, 1.54) is 25.7 Å². The monoisotopic (exact) mass is 285 g/mol. The van der Waals surface area contributed by atoms with Crippen molar-refractivity contribution in [3.05, 3.63) is 0 Å². The minimum atomic E-state index is -0.628. The van der Waals surface area contributed by atoms with Crippen LogP contribution in [-0.4, -0.2) is 24.4 Å². The van der Waals surface area contributed by atoms with E-state index in [1.807, 2.05) is 0 Å². The van der Waals surface area contributed by atoms with Crippen molar-refractivity contribution >= 4 is 11.8 Å². The van der Waals surface area contributed by atoms with Crippen LogP contribution in [0.3, 0.4) is 0 Å². The van der Waals surface area contributed by atoms with E-state index in [0.717, 1.165) is 19.3 Å². The lowest BCUT2D eigenvalue weighted by molar-refractivity contribution is -0.131. The van der Waals surface area contributed by atoms with Gasteiger partial charge in [-0.2, -0.15) is 0 Å². The zero-order valence-electron chi connectivity index (χ0n) is 12.8. The number of nitrogens with one attached hydrogen (secondary N) is 1. The molecule has 0 rings (SSSR count). The van der Waals surface area contributed by atoms with Crippen molar-refractivity contribution in [1.29, 1.82) is 0 Å². The Morgan fingerprint density at radius 3 is 2.20 bits per heavy atom. The van der Waals surface area contributed by atoms with E-state index in [2.05, 4.69) is 12.2 Å². The molecule has 5 nitrogen and oxygen atoms in total. The maximum absolute atomic E-state index is 11.6. The average molecular weight is 285 g/mol. The van der Waals surface area contributed by atoms with Crippen molar-refractivity contribution in [3.63, 3.8) is 0 Å². The van der Waals surface area contributed by atoms with Crippen molar-refractivity contribution in [2.75, 3.05) is 6.54 Å². The summed E-state index contributed by atoms with van der Waals surface area (Å²) in [7, 11) is 0. The van der Waals surface area contributed by atoms with E-state index >= 15 is 0 Å². The highest BCUT2D eigenvalue weighted by Gasteiger charge is 2.15. The number of carbonyl (C=O) groups excluding carboxylic acids is 2. The molecule has 0 fully saturated rings. The second-order valence-electron chi connectivity index (χ2n) is 5.32. The topological polar surface area (TPSA) is 98.2 Å². The van der Waals surface area contributed by atoms with Crippen LogP contribution >= 0.6 is 0 Å². The summed E-state index contributed by atoms with van der Waals surface area (Å²) in [4.78, 5) is 23.1. The first-order valence-electron chi connectivity index (χ1n) is 7.91. The van der Waals surface area contributed by atoms with Gasteiger partial charge in [-0.05, 0) is 25.8 Å². The van der Waals surface area contributed by atoms with Crippen LogP contribution < -0.4 is 16.8 Å². The second kappa shape index (κ2) is 13.1. The highest BCUT2D eigenvalue weighted by atomic mass is 16.2. The summed E-state index contributed by atoms with van der Waals surface area (Å²) in [5.74, 6) is -0.599. The molecular weight excluding hydrogens is 254 g/mol. The van der Waals surface area contributed by atoms with E-state index in [1.54, 1.807) is 0 Å². The largest absolute Gasteiger partial charge is 0.330 e. The Balaban J connectivity index is 3.55. The minimum Gasteiger partial charge on any atom is -0.330 e. The van der Waals surface area contributed by atoms with Gasteiger partial charge in [-0.25, -0.2) is 0 Å². The maximum Gasteiger partial charge on any atom is 0.243 e. The molecule has 0 heterocycles. The number of carbonyl (C=O) groups is 2. The van der Waals surface area contributed by atoms with E-state index in [4.69, 9.17) is 11.5 Å². The molecule has 5 heteroatoms. The van der Waals surface area contributed by atoms with Crippen LogP contribution in [0.5, 0.6) is 0 Å². The average Bonchev–Trinajstić information content (AvgIpc) is 2.43. The van der Waals surface area contributed by atoms with Crippen LogP contribution in [0.1, 0.15) is 71.1 Å². The number of hydrogen-bond acceptors (Lipinski definition) is 4. The highest BCUT2D eigenvalue weighted by Crippen LogP contribution is 2.08. The number of nitrogens with two attached hydrogens (primary N) is 2. The number of unbranched alkanes of at least 4 members (excludes halogenated alkanes) is 6. The molecule has 0 aliphatic carbocycles. The van der Waals surface area contributed by atoms with Gasteiger partial charge in [0.15, 0.2) is 0 Å². The van der Waals surface area contributed by atoms with Crippen LogP contribution in [0, 0.1) is 0 Å². The minimum absolute atomic E-state index is 0.216. The van der Waals surface area contributed by atoms with Gasteiger partial charge in [-0.3, -0.25) is 14.9 Å². The Hall–Kier alpha value is -0.940. The third-order valence-corrected chi connectivity index (χ3v) is 3.33. The van der Waals surface area contributed by atoms with Crippen LogP contribution in [0.15, 0.2) is 0 Å². The van der Waals surface area contributed by atoms with Crippen molar-refractivity contribution in [1.82, 2.24) is 5.32 Å². The molecule has 0 unspecified atom stereocenters. The Labute approximate surface area is 122 Å². The fourth-order valence-electron chi connectivity index (χ4n) is 2.00. The molecular formula is C15H31N3O2. The van der Waals surface area contributed by atoms with E-state index < -0.39 is 6.04 Å². The lowest BCUT2D eigenvalue weighted by atomic mass is 10.1. The van der Waals surface area contributed by atoms with Crippen LogP contribution in [0.2, 0.25) is 0 Å². The molecule has 20 heavy (non-hydrogen) atoms. The molecule has 0 aromatic heterocycles. The van der Waals surface area contributed by atoms with Crippen molar-refractivity contribution in [2.45, 2.75) is 77.2 Å². The summed E-state index contributed by atoms with van der Waals surface area (Å²) < 4.78 is 0. The third kappa shape index (κ3) is 10.9. The van der Waals surface area contributed by atoms with Crippen molar-refractivity contribution in [3.8, 4) is 0 Å². The zero-order chi connectivity index (χ0) is 15.2. The molecule has 118 valence electrons. The number of imide groups is 1. The number of rotatable bonds is 12. The highest BCUT2D eigenvalue weighted by molar-refractivity contribution is 5.97. The fourth-order valence-corrected chi connectivity index (χ4v) is 2.00.